The first-order chi connectivity index (χ1) is 6.24. The van der Waals surface area contributed by atoms with Crippen molar-refractivity contribution >= 4 is 11.9 Å². The van der Waals surface area contributed by atoms with E-state index in [1.165, 1.54) is 4.90 Å². The molecule has 0 aromatic heterocycles. The Balaban J connectivity index is 2.33. The van der Waals surface area contributed by atoms with E-state index in [4.69, 9.17) is 4.74 Å². The number of carbonyl (C=O) groups is 2. The monoisotopic (exact) mass is 186 g/mol. The molecule has 0 spiro atoms. The Kier molecular flexibility index (Phi) is 3.70. The van der Waals surface area contributed by atoms with Gasteiger partial charge in [0, 0.05) is 13.1 Å². The smallest absolute Gasteiger partial charge is 0.325 e. The molecule has 0 unspecified atom stereocenters. The topological polar surface area (TPSA) is 58.6 Å². The minimum atomic E-state index is -0.335. The summed E-state index contributed by atoms with van der Waals surface area (Å²) in [6, 6.07) is 0. The van der Waals surface area contributed by atoms with Gasteiger partial charge in [-0.2, -0.15) is 0 Å². The van der Waals surface area contributed by atoms with Gasteiger partial charge < -0.3 is 15.0 Å². The van der Waals surface area contributed by atoms with Gasteiger partial charge in [-0.05, 0) is 6.92 Å². The summed E-state index contributed by atoms with van der Waals surface area (Å²) in [6.45, 7) is 3.83. The van der Waals surface area contributed by atoms with Crippen molar-refractivity contribution in [3.8, 4) is 0 Å². The van der Waals surface area contributed by atoms with Crippen LogP contribution in [0.5, 0.6) is 0 Å². The fraction of sp³-hybridized carbons (Fsp3) is 0.750. The minimum Gasteiger partial charge on any atom is -0.465 e. The number of hydrogen-bond donors (Lipinski definition) is 1. The number of amides is 1. The molecule has 13 heavy (non-hydrogen) atoms. The average molecular weight is 186 g/mol. The molecule has 1 amide bonds. The molecule has 74 valence electrons. The zero-order valence-corrected chi connectivity index (χ0v) is 7.71. The molecule has 0 aromatic carbocycles. The van der Waals surface area contributed by atoms with Crippen LogP contribution < -0.4 is 5.32 Å². The van der Waals surface area contributed by atoms with Gasteiger partial charge in [-0.25, -0.2) is 0 Å². The first-order valence-corrected chi connectivity index (χ1v) is 4.38. The fourth-order valence-electron chi connectivity index (χ4n) is 1.18. The molecule has 0 radical (unpaired) electrons. The predicted octanol–water partition coefficient (Wildman–Crippen LogP) is -1.02. The van der Waals surface area contributed by atoms with E-state index in [-0.39, 0.29) is 18.4 Å². The molecule has 1 aliphatic rings. The molecule has 0 aliphatic carbocycles. The molecule has 0 atom stereocenters. The van der Waals surface area contributed by atoms with Gasteiger partial charge in [0.05, 0.1) is 13.2 Å². The number of rotatable bonds is 3. The van der Waals surface area contributed by atoms with E-state index in [1.54, 1.807) is 6.92 Å². The van der Waals surface area contributed by atoms with Gasteiger partial charge in [-0.15, -0.1) is 0 Å². The summed E-state index contributed by atoms with van der Waals surface area (Å²) in [6.07, 6.45) is 0. The number of esters is 1. The Morgan fingerprint density at radius 3 is 3.08 bits per heavy atom. The highest BCUT2D eigenvalue weighted by Crippen LogP contribution is 1.94. The van der Waals surface area contributed by atoms with Gasteiger partial charge in [0.25, 0.3) is 0 Å². The Morgan fingerprint density at radius 2 is 2.46 bits per heavy atom. The van der Waals surface area contributed by atoms with E-state index in [2.05, 4.69) is 5.32 Å². The standard InChI is InChI=1S/C8H14N2O3/c1-2-13-8(12)6-10-4-3-9-5-7(10)11/h9H,2-6H2,1H3. The molecule has 1 fully saturated rings. The van der Waals surface area contributed by atoms with Gasteiger partial charge in [0.2, 0.25) is 5.91 Å². The molecule has 1 N–H and O–H groups in total. The van der Waals surface area contributed by atoms with Crippen LogP contribution in [0.2, 0.25) is 0 Å². The number of nitrogens with zero attached hydrogens (tertiary/aromatic N) is 1. The predicted molar refractivity (Wildman–Crippen MR) is 46.1 cm³/mol. The van der Waals surface area contributed by atoms with Crippen LogP contribution in [-0.4, -0.2) is 49.6 Å². The zero-order chi connectivity index (χ0) is 9.68. The van der Waals surface area contributed by atoms with Gasteiger partial charge in [0.1, 0.15) is 6.54 Å². The second kappa shape index (κ2) is 4.81. The molecular weight excluding hydrogens is 172 g/mol. The van der Waals surface area contributed by atoms with Crippen molar-refractivity contribution in [2.45, 2.75) is 6.92 Å². The quantitative estimate of drug-likeness (QED) is 0.573. The van der Waals surface area contributed by atoms with Crippen molar-refractivity contribution in [3.63, 3.8) is 0 Å². The Hall–Kier alpha value is -1.10. The lowest BCUT2D eigenvalue weighted by Gasteiger charge is -2.26. The lowest BCUT2D eigenvalue weighted by atomic mass is 10.3. The maximum Gasteiger partial charge on any atom is 0.325 e. The molecule has 0 bridgehead atoms. The van der Waals surface area contributed by atoms with E-state index < -0.39 is 0 Å². The largest absolute Gasteiger partial charge is 0.465 e. The van der Waals surface area contributed by atoms with Gasteiger partial charge in [-0.1, -0.05) is 0 Å². The first kappa shape index (κ1) is 9.98. The lowest BCUT2D eigenvalue weighted by Crippen LogP contribution is -2.49. The lowest BCUT2D eigenvalue weighted by molar-refractivity contribution is -0.149. The molecule has 1 aliphatic heterocycles. The molecule has 0 aromatic rings. The summed E-state index contributed by atoms with van der Waals surface area (Å²) < 4.78 is 4.74. The third-order valence-corrected chi connectivity index (χ3v) is 1.81. The molecule has 1 rings (SSSR count). The van der Waals surface area contributed by atoms with Crippen LogP contribution in [0.1, 0.15) is 6.92 Å². The number of hydrogen-bond acceptors (Lipinski definition) is 4. The van der Waals surface area contributed by atoms with Crippen LogP contribution in [0, 0.1) is 0 Å². The third-order valence-electron chi connectivity index (χ3n) is 1.81. The maximum absolute atomic E-state index is 11.2. The highest BCUT2D eigenvalue weighted by atomic mass is 16.5. The Bertz CT molecular complexity index is 206. The molecular formula is C8H14N2O3. The van der Waals surface area contributed by atoms with E-state index >= 15 is 0 Å². The van der Waals surface area contributed by atoms with Gasteiger partial charge >= 0.3 is 5.97 Å². The van der Waals surface area contributed by atoms with Crippen LogP contribution in [0.25, 0.3) is 0 Å². The van der Waals surface area contributed by atoms with E-state index in [0.717, 1.165) is 6.54 Å². The number of piperazine rings is 1. The minimum absolute atomic E-state index is 0.0423. The van der Waals surface area contributed by atoms with Crippen molar-refractivity contribution in [2.24, 2.45) is 0 Å². The highest BCUT2D eigenvalue weighted by molar-refractivity contribution is 5.83. The van der Waals surface area contributed by atoms with E-state index in [1.807, 2.05) is 0 Å². The summed E-state index contributed by atoms with van der Waals surface area (Å²) in [5.74, 6) is -0.378. The Morgan fingerprint density at radius 1 is 1.69 bits per heavy atom. The van der Waals surface area contributed by atoms with E-state index in [9.17, 15) is 9.59 Å². The summed E-state index contributed by atoms with van der Waals surface area (Å²) >= 11 is 0. The van der Waals surface area contributed by atoms with Gasteiger partial charge in [-0.3, -0.25) is 9.59 Å². The number of carbonyl (C=O) groups excluding carboxylic acids is 2. The number of ether oxygens (including phenoxy) is 1. The second-order valence-electron chi connectivity index (χ2n) is 2.80. The van der Waals surface area contributed by atoms with Crippen LogP contribution in [0.3, 0.4) is 0 Å². The molecule has 5 nitrogen and oxygen atoms in total. The third kappa shape index (κ3) is 3.02. The van der Waals surface area contributed by atoms with Crippen LogP contribution >= 0.6 is 0 Å². The highest BCUT2D eigenvalue weighted by Gasteiger charge is 2.20. The number of nitrogens with one attached hydrogen (secondary N) is 1. The molecule has 5 heteroatoms. The molecule has 1 heterocycles. The van der Waals surface area contributed by atoms with Crippen molar-refractivity contribution in [3.05, 3.63) is 0 Å². The second-order valence-corrected chi connectivity index (χ2v) is 2.80. The molecule has 1 saturated heterocycles. The van der Waals surface area contributed by atoms with Crippen molar-refractivity contribution < 1.29 is 14.3 Å². The summed E-state index contributed by atoms with van der Waals surface area (Å²) in [5, 5.41) is 2.93. The summed E-state index contributed by atoms with van der Waals surface area (Å²) in [4.78, 5) is 23.7. The van der Waals surface area contributed by atoms with Gasteiger partial charge in [0.15, 0.2) is 0 Å². The van der Waals surface area contributed by atoms with Crippen molar-refractivity contribution in [1.29, 1.82) is 0 Å². The summed E-state index contributed by atoms with van der Waals surface area (Å²) in [7, 11) is 0. The maximum atomic E-state index is 11.2. The normalized spacial score (nSPS) is 17.3. The molecule has 0 saturated carbocycles. The van der Waals surface area contributed by atoms with Crippen LogP contribution in [0.15, 0.2) is 0 Å². The fourth-order valence-corrected chi connectivity index (χ4v) is 1.18. The van der Waals surface area contributed by atoms with Crippen LogP contribution in [0.4, 0.5) is 0 Å². The average Bonchev–Trinajstić information content (AvgIpc) is 2.09. The Labute approximate surface area is 77.0 Å². The van der Waals surface area contributed by atoms with Crippen LogP contribution in [-0.2, 0) is 14.3 Å². The van der Waals surface area contributed by atoms with E-state index in [0.29, 0.717) is 19.7 Å². The van der Waals surface area contributed by atoms with Crippen molar-refractivity contribution in [2.75, 3.05) is 32.8 Å². The SMILES string of the molecule is CCOC(=O)CN1CCNCC1=O. The zero-order valence-electron chi connectivity index (χ0n) is 7.71. The summed E-state index contributed by atoms with van der Waals surface area (Å²) in [5.41, 5.74) is 0. The first-order valence-electron chi connectivity index (χ1n) is 4.38. The van der Waals surface area contributed by atoms with Crippen molar-refractivity contribution in [1.82, 2.24) is 10.2 Å².